The summed E-state index contributed by atoms with van der Waals surface area (Å²) >= 11 is 0. The number of amides is 1. The molecule has 5 rings (SSSR count). The number of nitrogens with zero attached hydrogens (tertiary/aromatic N) is 6. The summed E-state index contributed by atoms with van der Waals surface area (Å²) in [6.45, 7) is 5.65. The second-order valence-corrected chi connectivity index (χ2v) is 8.23. The maximum atomic E-state index is 12.7. The van der Waals surface area contributed by atoms with Crippen molar-refractivity contribution in [3.05, 3.63) is 52.3 Å². The van der Waals surface area contributed by atoms with Crippen LogP contribution in [0.1, 0.15) is 43.6 Å². The van der Waals surface area contributed by atoms with Gasteiger partial charge in [-0.15, -0.1) is 10.2 Å². The van der Waals surface area contributed by atoms with Gasteiger partial charge in [0.15, 0.2) is 0 Å². The summed E-state index contributed by atoms with van der Waals surface area (Å²) in [6.07, 6.45) is 3.46. The van der Waals surface area contributed by atoms with Crippen LogP contribution in [0.4, 0.5) is 5.69 Å². The number of rotatable bonds is 4. The van der Waals surface area contributed by atoms with Gasteiger partial charge in [-0.2, -0.15) is 9.61 Å². The minimum absolute atomic E-state index is 0.00281. The SMILES string of the molecule is CCc1cc(N2C[C@H]3C[C@@H](C2)[C@H](CNC(C)=O)n2c3cccc2=O)c2nncn2n1. The smallest absolute Gasteiger partial charge is 0.251 e. The number of carbonyl (C=O) groups is 1. The molecule has 0 aliphatic carbocycles. The molecule has 2 bridgehead atoms. The summed E-state index contributed by atoms with van der Waals surface area (Å²) in [6, 6.07) is 7.52. The Bertz CT molecular complexity index is 1170. The van der Waals surface area contributed by atoms with E-state index in [1.807, 2.05) is 16.7 Å². The molecule has 156 valence electrons. The van der Waals surface area contributed by atoms with Crippen LogP contribution in [0.2, 0.25) is 0 Å². The maximum absolute atomic E-state index is 12.7. The van der Waals surface area contributed by atoms with Crippen molar-refractivity contribution in [3.8, 4) is 0 Å². The van der Waals surface area contributed by atoms with Crippen molar-refractivity contribution < 1.29 is 4.79 Å². The third kappa shape index (κ3) is 3.05. The lowest BCUT2D eigenvalue weighted by atomic mass is 9.78. The van der Waals surface area contributed by atoms with Crippen LogP contribution in [0, 0.1) is 5.92 Å². The van der Waals surface area contributed by atoms with E-state index < -0.39 is 0 Å². The Kier molecular flexibility index (Phi) is 4.52. The van der Waals surface area contributed by atoms with Gasteiger partial charge in [-0.1, -0.05) is 13.0 Å². The van der Waals surface area contributed by atoms with E-state index >= 15 is 0 Å². The number of aryl methyl sites for hydroxylation is 1. The van der Waals surface area contributed by atoms with E-state index in [2.05, 4.69) is 38.5 Å². The van der Waals surface area contributed by atoms with Gasteiger partial charge < -0.3 is 14.8 Å². The highest BCUT2D eigenvalue weighted by Gasteiger charge is 2.41. The Morgan fingerprint density at radius 2 is 2.17 bits per heavy atom. The van der Waals surface area contributed by atoms with E-state index in [-0.39, 0.29) is 29.3 Å². The zero-order chi connectivity index (χ0) is 20.8. The molecule has 0 radical (unpaired) electrons. The van der Waals surface area contributed by atoms with Gasteiger partial charge in [0.1, 0.15) is 6.33 Å². The Balaban J connectivity index is 1.57. The minimum atomic E-state index is -0.0813. The third-order valence-corrected chi connectivity index (χ3v) is 6.36. The molecular formula is C21H25N7O2. The highest BCUT2D eigenvalue weighted by molar-refractivity contribution is 5.72. The Morgan fingerprint density at radius 1 is 1.30 bits per heavy atom. The number of hydrogen-bond donors (Lipinski definition) is 1. The Hall–Kier alpha value is -3.23. The lowest BCUT2D eigenvalue weighted by molar-refractivity contribution is -0.119. The van der Waals surface area contributed by atoms with Gasteiger partial charge in [-0.05, 0) is 30.9 Å². The molecule has 1 fully saturated rings. The predicted molar refractivity (Wildman–Crippen MR) is 112 cm³/mol. The molecule has 9 heteroatoms. The van der Waals surface area contributed by atoms with Gasteiger partial charge in [0.05, 0.1) is 17.4 Å². The molecule has 2 aliphatic heterocycles. The van der Waals surface area contributed by atoms with Crippen molar-refractivity contribution in [1.82, 2.24) is 29.7 Å². The highest BCUT2D eigenvalue weighted by atomic mass is 16.1. The van der Waals surface area contributed by atoms with Crippen LogP contribution >= 0.6 is 0 Å². The van der Waals surface area contributed by atoms with Crippen LogP contribution in [0.3, 0.4) is 0 Å². The summed E-state index contributed by atoms with van der Waals surface area (Å²) in [4.78, 5) is 26.7. The molecule has 1 amide bonds. The van der Waals surface area contributed by atoms with Crippen LogP contribution in [-0.4, -0.2) is 49.9 Å². The van der Waals surface area contributed by atoms with E-state index in [9.17, 15) is 9.59 Å². The van der Waals surface area contributed by atoms with Gasteiger partial charge in [-0.25, -0.2) is 0 Å². The van der Waals surface area contributed by atoms with E-state index in [1.54, 1.807) is 16.9 Å². The second-order valence-electron chi connectivity index (χ2n) is 8.23. The molecule has 0 unspecified atom stereocenters. The van der Waals surface area contributed by atoms with Crippen molar-refractivity contribution in [1.29, 1.82) is 0 Å². The second kappa shape index (κ2) is 7.23. The van der Waals surface area contributed by atoms with E-state index in [1.165, 1.54) is 6.92 Å². The molecular weight excluding hydrogens is 382 g/mol. The van der Waals surface area contributed by atoms with Gasteiger partial charge in [0.2, 0.25) is 11.6 Å². The summed E-state index contributed by atoms with van der Waals surface area (Å²) < 4.78 is 3.65. The van der Waals surface area contributed by atoms with Crippen LogP contribution in [0.25, 0.3) is 5.65 Å². The number of hydrogen-bond acceptors (Lipinski definition) is 6. The monoisotopic (exact) mass is 407 g/mol. The maximum Gasteiger partial charge on any atom is 0.251 e. The Morgan fingerprint density at radius 3 is 2.97 bits per heavy atom. The van der Waals surface area contributed by atoms with Crippen molar-refractivity contribution in [2.24, 2.45) is 5.92 Å². The molecule has 0 spiro atoms. The molecule has 3 aromatic rings. The standard InChI is InChI=1S/C21H25N7O2/c1-3-16-8-18(21-24-23-12-27(21)25-16)26-10-14-7-15(11-26)19(9-22-13(2)29)28-17(14)5-4-6-20(28)30/h4-6,8,12,14-15,19H,3,7,9-11H2,1-2H3,(H,22,29)/t14-,15+,19+/m1/s1. The van der Waals surface area contributed by atoms with Gasteiger partial charge in [0.25, 0.3) is 5.56 Å². The summed E-state index contributed by atoms with van der Waals surface area (Å²) in [5.41, 5.74) is 3.80. The Labute approximate surface area is 173 Å². The summed E-state index contributed by atoms with van der Waals surface area (Å²) in [5, 5.41) is 15.8. The number of fused-ring (bicyclic) bond motifs is 5. The number of aromatic nitrogens is 5. The van der Waals surface area contributed by atoms with Gasteiger partial charge in [-0.3, -0.25) is 9.59 Å². The number of piperidine rings is 1. The molecule has 0 saturated carbocycles. The van der Waals surface area contributed by atoms with Crippen LogP contribution in [0.15, 0.2) is 35.4 Å². The van der Waals surface area contributed by atoms with Crippen molar-refractivity contribution in [2.75, 3.05) is 24.5 Å². The molecule has 30 heavy (non-hydrogen) atoms. The topological polar surface area (TPSA) is 97.4 Å². The fraction of sp³-hybridized carbons (Fsp3) is 0.476. The summed E-state index contributed by atoms with van der Waals surface area (Å²) in [5.74, 6) is 0.402. The van der Waals surface area contributed by atoms with E-state index in [0.29, 0.717) is 6.54 Å². The quantitative estimate of drug-likeness (QED) is 0.697. The van der Waals surface area contributed by atoms with Crippen molar-refractivity contribution in [3.63, 3.8) is 0 Å². The summed E-state index contributed by atoms with van der Waals surface area (Å²) in [7, 11) is 0. The van der Waals surface area contributed by atoms with E-state index in [4.69, 9.17) is 0 Å². The largest absolute Gasteiger partial charge is 0.367 e. The molecule has 1 saturated heterocycles. The minimum Gasteiger partial charge on any atom is -0.367 e. The lowest BCUT2D eigenvalue weighted by Gasteiger charge is -2.47. The molecule has 2 aliphatic rings. The first-order valence-electron chi connectivity index (χ1n) is 10.5. The molecule has 0 aromatic carbocycles. The average molecular weight is 407 g/mol. The van der Waals surface area contributed by atoms with Crippen molar-refractivity contribution >= 4 is 17.2 Å². The third-order valence-electron chi connectivity index (χ3n) is 6.36. The molecule has 1 N–H and O–H groups in total. The lowest BCUT2D eigenvalue weighted by Crippen LogP contribution is -2.52. The zero-order valence-corrected chi connectivity index (χ0v) is 17.2. The fourth-order valence-corrected chi connectivity index (χ4v) is 5.02. The van der Waals surface area contributed by atoms with Crippen LogP contribution in [-0.2, 0) is 11.2 Å². The first-order chi connectivity index (χ1) is 14.5. The first kappa shape index (κ1) is 18.8. The van der Waals surface area contributed by atoms with Crippen molar-refractivity contribution in [2.45, 2.75) is 38.6 Å². The molecule has 3 atom stereocenters. The van der Waals surface area contributed by atoms with Gasteiger partial charge in [0, 0.05) is 44.2 Å². The first-order valence-corrected chi connectivity index (χ1v) is 10.5. The average Bonchev–Trinajstić information content (AvgIpc) is 3.21. The number of anilines is 1. The van der Waals surface area contributed by atoms with Crippen LogP contribution < -0.4 is 15.8 Å². The number of pyridine rings is 1. The number of nitrogens with one attached hydrogen (secondary N) is 1. The molecule has 9 nitrogen and oxygen atoms in total. The normalized spacial score (nSPS) is 22.7. The zero-order valence-electron chi connectivity index (χ0n) is 17.2. The highest BCUT2D eigenvalue weighted by Crippen LogP contribution is 2.42. The van der Waals surface area contributed by atoms with Crippen LogP contribution in [0.5, 0.6) is 0 Å². The molecule has 5 heterocycles. The number of carbonyl (C=O) groups excluding carboxylic acids is 1. The van der Waals surface area contributed by atoms with Gasteiger partial charge >= 0.3 is 0 Å². The van der Waals surface area contributed by atoms with E-state index in [0.717, 1.165) is 48.7 Å². The fourth-order valence-electron chi connectivity index (χ4n) is 5.02. The molecule has 3 aromatic heterocycles. The predicted octanol–water partition coefficient (Wildman–Crippen LogP) is 1.15.